The second-order valence-electron chi connectivity index (χ2n) is 4.70. The van der Waals surface area contributed by atoms with E-state index in [4.69, 9.17) is 5.73 Å². The number of amides is 2. The second kappa shape index (κ2) is 5.29. The number of aromatic nitrogens is 2. The lowest BCUT2D eigenvalue weighted by atomic mass is 10.0. The molecule has 1 aromatic rings. The van der Waals surface area contributed by atoms with Crippen LogP contribution in [-0.2, 0) is 11.8 Å². The number of nitrogens with two attached hydrogens (primary N) is 1. The van der Waals surface area contributed by atoms with Crippen molar-refractivity contribution in [3.63, 3.8) is 0 Å². The van der Waals surface area contributed by atoms with Crippen LogP contribution in [0.15, 0.2) is 6.20 Å². The van der Waals surface area contributed by atoms with Gasteiger partial charge in [0.25, 0.3) is 5.91 Å². The van der Waals surface area contributed by atoms with Crippen molar-refractivity contribution in [1.82, 2.24) is 20.0 Å². The van der Waals surface area contributed by atoms with Crippen molar-refractivity contribution in [1.29, 1.82) is 0 Å². The predicted molar refractivity (Wildman–Crippen MR) is 70.4 cm³/mol. The van der Waals surface area contributed by atoms with Gasteiger partial charge in [0.15, 0.2) is 0 Å². The minimum Gasteiger partial charge on any atom is -0.396 e. The van der Waals surface area contributed by atoms with Gasteiger partial charge in [-0.2, -0.15) is 5.10 Å². The van der Waals surface area contributed by atoms with Crippen LogP contribution in [0.1, 0.15) is 29.8 Å². The zero-order chi connectivity index (χ0) is 14.0. The number of nitrogens with zero attached hydrogens (tertiary/aromatic N) is 3. The van der Waals surface area contributed by atoms with Crippen molar-refractivity contribution in [2.24, 2.45) is 7.05 Å². The molecule has 1 unspecified atom stereocenters. The molecule has 7 nitrogen and oxygen atoms in total. The standard InChI is InChI=1S/C12H19N5O2/c1-14-11(18)9-5-3-4-6-17(9)12(19)10-8(13)7-15-16(10)2/h7,9H,3-6,13H2,1-2H3,(H,14,18). The summed E-state index contributed by atoms with van der Waals surface area (Å²) in [7, 11) is 3.25. The summed E-state index contributed by atoms with van der Waals surface area (Å²) in [5.41, 5.74) is 6.46. The molecule has 1 saturated heterocycles. The fourth-order valence-corrected chi connectivity index (χ4v) is 2.47. The zero-order valence-electron chi connectivity index (χ0n) is 11.2. The van der Waals surface area contributed by atoms with Crippen LogP contribution in [0.2, 0.25) is 0 Å². The molecule has 2 heterocycles. The molecule has 1 fully saturated rings. The molecule has 1 aliphatic rings. The van der Waals surface area contributed by atoms with E-state index in [0.29, 0.717) is 24.3 Å². The van der Waals surface area contributed by atoms with Gasteiger partial charge < -0.3 is 16.0 Å². The van der Waals surface area contributed by atoms with Crippen molar-refractivity contribution in [2.75, 3.05) is 19.3 Å². The minimum absolute atomic E-state index is 0.131. The number of carbonyl (C=O) groups excluding carboxylic acids is 2. The molecule has 104 valence electrons. The Morgan fingerprint density at radius 2 is 2.21 bits per heavy atom. The van der Waals surface area contributed by atoms with Gasteiger partial charge in [-0.15, -0.1) is 0 Å². The summed E-state index contributed by atoms with van der Waals surface area (Å²) < 4.78 is 1.45. The Morgan fingerprint density at radius 1 is 1.47 bits per heavy atom. The number of hydrogen-bond donors (Lipinski definition) is 2. The Bertz CT molecular complexity index is 477. The lowest BCUT2D eigenvalue weighted by molar-refractivity contribution is -0.126. The average Bonchev–Trinajstić information content (AvgIpc) is 2.76. The third-order valence-corrected chi connectivity index (χ3v) is 3.48. The van der Waals surface area contributed by atoms with Crippen LogP contribution >= 0.6 is 0 Å². The molecular formula is C12H19N5O2. The molecule has 0 radical (unpaired) electrons. The average molecular weight is 265 g/mol. The topological polar surface area (TPSA) is 93.2 Å². The minimum atomic E-state index is -0.416. The number of nitrogen functional groups attached to an aromatic ring is 1. The highest BCUT2D eigenvalue weighted by molar-refractivity contribution is 6.00. The summed E-state index contributed by atoms with van der Waals surface area (Å²) in [4.78, 5) is 26.0. The smallest absolute Gasteiger partial charge is 0.274 e. The van der Waals surface area contributed by atoms with Crippen LogP contribution in [0.5, 0.6) is 0 Å². The normalized spacial score (nSPS) is 19.3. The number of aryl methyl sites for hydroxylation is 1. The van der Waals surface area contributed by atoms with Crippen LogP contribution in [0.3, 0.4) is 0 Å². The van der Waals surface area contributed by atoms with Crippen molar-refractivity contribution in [2.45, 2.75) is 25.3 Å². The summed E-state index contributed by atoms with van der Waals surface area (Å²) >= 11 is 0. The van der Waals surface area contributed by atoms with Crippen LogP contribution in [0.25, 0.3) is 0 Å². The van der Waals surface area contributed by atoms with E-state index in [1.165, 1.54) is 10.9 Å². The van der Waals surface area contributed by atoms with Crippen LogP contribution in [0.4, 0.5) is 5.69 Å². The molecule has 1 aliphatic heterocycles. The van der Waals surface area contributed by atoms with Crippen molar-refractivity contribution < 1.29 is 9.59 Å². The number of likely N-dealkylation sites (N-methyl/N-ethyl adjacent to an activating group) is 1. The summed E-state index contributed by atoms with van der Waals surface area (Å²) in [5.74, 6) is -0.361. The van der Waals surface area contributed by atoms with E-state index in [-0.39, 0.29) is 11.8 Å². The summed E-state index contributed by atoms with van der Waals surface area (Å²) in [6, 6.07) is -0.416. The van der Waals surface area contributed by atoms with Crippen LogP contribution in [0, 0.1) is 0 Å². The Labute approximate surface area is 111 Å². The fraction of sp³-hybridized carbons (Fsp3) is 0.583. The van der Waals surface area contributed by atoms with Gasteiger partial charge in [0.05, 0.1) is 11.9 Å². The Hall–Kier alpha value is -2.05. The fourth-order valence-electron chi connectivity index (χ4n) is 2.47. The molecule has 0 saturated carbocycles. The SMILES string of the molecule is CNC(=O)C1CCCCN1C(=O)c1c(N)cnn1C. The Morgan fingerprint density at radius 3 is 2.79 bits per heavy atom. The van der Waals surface area contributed by atoms with E-state index in [1.807, 2.05) is 0 Å². The van der Waals surface area contributed by atoms with Gasteiger partial charge in [-0.1, -0.05) is 0 Å². The van der Waals surface area contributed by atoms with Gasteiger partial charge in [0.1, 0.15) is 11.7 Å². The van der Waals surface area contributed by atoms with E-state index in [1.54, 1.807) is 19.0 Å². The molecule has 0 spiro atoms. The largest absolute Gasteiger partial charge is 0.396 e. The maximum atomic E-state index is 12.5. The van der Waals surface area contributed by atoms with Gasteiger partial charge in [-0.05, 0) is 19.3 Å². The molecule has 19 heavy (non-hydrogen) atoms. The monoisotopic (exact) mass is 265 g/mol. The highest BCUT2D eigenvalue weighted by Crippen LogP contribution is 2.21. The van der Waals surface area contributed by atoms with E-state index in [0.717, 1.165) is 12.8 Å². The Balaban J connectivity index is 2.28. The number of rotatable bonds is 2. The third kappa shape index (κ3) is 2.40. The van der Waals surface area contributed by atoms with E-state index >= 15 is 0 Å². The number of nitrogens with one attached hydrogen (secondary N) is 1. The lowest BCUT2D eigenvalue weighted by Crippen LogP contribution is -2.51. The van der Waals surface area contributed by atoms with Crippen molar-refractivity contribution in [3.05, 3.63) is 11.9 Å². The van der Waals surface area contributed by atoms with Gasteiger partial charge in [0.2, 0.25) is 5.91 Å². The highest BCUT2D eigenvalue weighted by Gasteiger charge is 2.33. The summed E-state index contributed by atoms with van der Waals surface area (Å²) in [5, 5.41) is 6.57. The maximum absolute atomic E-state index is 12.5. The first kappa shape index (κ1) is 13.4. The first-order valence-corrected chi connectivity index (χ1v) is 6.36. The maximum Gasteiger partial charge on any atom is 0.274 e. The van der Waals surface area contributed by atoms with Crippen LogP contribution in [-0.4, -0.2) is 46.1 Å². The van der Waals surface area contributed by atoms with Gasteiger partial charge in [0, 0.05) is 20.6 Å². The Kier molecular flexibility index (Phi) is 3.73. The van der Waals surface area contributed by atoms with Crippen molar-refractivity contribution in [3.8, 4) is 0 Å². The molecule has 0 aromatic carbocycles. The molecule has 2 amide bonds. The van der Waals surface area contributed by atoms with Gasteiger partial charge >= 0.3 is 0 Å². The van der Waals surface area contributed by atoms with E-state index in [9.17, 15) is 9.59 Å². The van der Waals surface area contributed by atoms with E-state index < -0.39 is 6.04 Å². The third-order valence-electron chi connectivity index (χ3n) is 3.48. The van der Waals surface area contributed by atoms with E-state index in [2.05, 4.69) is 10.4 Å². The number of carbonyl (C=O) groups is 2. The van der Waals surface area contributed by atoms with Crippen LogP contribution < -0.4 is 11.1 Å². The first-order valence-electron chi connectivity index (χ1n) is 6.36. The van der Waals surface area contributed by atoms with Gasteiger partial charge in [-0.3, -0.25) is 14.3 Å². The summed E-state index contributed by atoms with van der Waals surface area (Å²) in [6.07, 6.45) is 3.98. The molecule has 0 bridgehead atoms. The first-order chi connectivity index (χ1) is 9.06. The molecule has 1 aromatic heterocycles. The molecule has 0 aliphatic carbocycles. The molecule has 7 heteroatoms. The molecule has 2 rings (SSSR count). The highest BCUT2D eigenvalue weighted by atomic mass is 16.2. The lowest BCUT2D eigenvalue weighted by Gasteiger charge is -2.34. The van der Waals surface area contributed by atoms with Gasteiger partial charge in [-0.25, -0.2) is 0 Å². The number of hydrogen-bond acceptors (Lipinski definition) is 4. The second-order valence-corrected chi connectivity index (χ2v) is 4.70. The molecular weight excluding hydrogens is 246 g/mol. The molecule has 1 atom stereocenters. The zero-order valence-corrected chi connectivity index (χ0v) is 11.2. The van der Waals surface area contributed by atoms with Crippen molar-refractivity contribution >= 4 is 17.5 Å². The number of likely N-dealkylation sites (tertiary alicyclic amines) is 1. The number of piperidine rings is 1. The predicted octanol–water partition coefficient (Wildman–Crippen LogP) is -0.257. The summed E-state index contributed by atoms with van der Waals surface area (Å²) in [6.45, 7) is 0.571. The molecule has 3 N–H and O–H groups in total. The quantitative estimate of drug-likeness (QED) is 0.770. The number of anilines is 1.